The molecule has 2 aromatic rings. The number of benzene rings is 1. The summed E-state index contributed by atoms with van der Waals surface area (Å²) in [6, 6.07) is 6.88. The molecule has 1 aromatic heterocycles. The number of aryl methyl sites for hydroxylation is 1. The summed E-state index contributed by atoms with van der Waals surface area (Å²) in [6.45, 7) is 2.14. The number of aromatic carboxylic acids is 1. The number of halogens is 3. The number of rotatable bonds is 7. The van der Waals surface area contributed by atoms with Crippen LogP contribution in [0.15, 0.2) is 35.2 Å². The van der Waals surface area contributed by atoms with Crippen molar-refractivity contribution in [2.75, 3.05) is 18.0 Å². The summed E-state index contributed by atoms with van der Waals surface area (Å²) >= 11 is -1.83. The Hall–Kier alpha value is -3.10. The van der Waals surface area contributed by atoms with Crippen LogP contribution in [0.4, 0.5) is 19.0 Å². The molecule has 0 atom stereocenters. The van der Waals surface area contributed by atoms with Crippen molar-refractivity contribution in [1.82, 2.24) is 4.98 Å². The molecule has 9 nitrogen and oxygen atoms in total. The molecular weight excluding hydrogens is 554 g/mol. The van der Waals surface area contributed by atoms with E-state index in [1.54, 1.807) is 4.90 Å². The number of carbonyl (C=O) groups is 2. The Labute approximate surface area is 204 Å². The fourth-order valence-electron chi connectivity index (χ4n) is 3.53. The van der Waals surface area contributed by atoms with Gasteiger partial charge in [-0.3, -0.25) is 0 Å². The summed E-state index contributed by atoms with van der Waals surface area (Å²) in [7, 11) is -3.98. The van der Waals surface area contributed by atoms with Gasteiger partial charge in [0.1, 0.15) is 0 Å². The third-order valence-corrected chi connectivity index (χ3v) is 11.3. The third-order valence-electron chi connectivity index (χ3n) is 5.25. The minimum absolute atomic E-state index is 0.0809. The van der Waals surface area contributed by atoms with Crippen LogP contribution in [0.1, 0.15) is 34.5 Å². The first-order chi connectivity index (χ1) is 16.3. The minimum atomic E-state index is -4.91. The Morgan fingerprint density at radius 2 is 1.83 bits per heavy atom. The second-order valence-electron chi connectivity index (χ2n) is 7.59. The normalized spacial score (nSPS) is 15.2. The Bertz CT molecular complexity index is 1290. The number of nitriles is 1. The fourth-order valence-corrected chi connectivity index (χ4v) is 8.90. The van der Waals surface area contributed by atoms with Crippen molar-refractivity contribution in [2.24, 2.45) is 5.92 Å². The van der Waals surface area contributed by atoms with Crippen LogP contribution in [0.5, 0.6) is 5.75 Å². The molecule has 1 fully saturated rings. The molecule has 1 N–H and O–H groups in total. The quantitative estimate of drug-likeness (QED) is 0.497. The fraction of sp³-hybridized carbons (Fsp3) is 0.333. The molecule has 185 valence electrons. The third kappa shape index (κ3) is 6.52. The van der Waals surface area contributed by atoms with Gasteiger partial charge in [-0.1, -0.05) is 0 Å². The number of hydrogen-bond acceptors (Lipinski definition) is 8. The zero-order valence-electron chi connectivity index (χ0n) is 18.1. The summed E-state index contributed by atoms with van der Waals surface area (Å²) in [6.07, 6.45) is -4.28. The second-order valence-corrected chi connectivity index (χ2v) is 14.3. The van der Waals surface area contributed by atoms with Gasteiger partial charge < -0.3 is 0 Å². The van der Waals surface area contributed by atoms with Crippen molar-refractivity contribution in [3.63, 3.8) is 0 Å². The van der Waals surface area contributed by atoms with Crippen LogP contribution in [0.25, 0.3) is 0 Å². The van der Waals surface area contributed by atoms with E-state index in [0.29, 0.717) is 31.7 Å². The maximum atomic E-state index is 12.7. The van der Waals surface area contributed by atoms with E-state index in [4.69, 9.17) is 0 Å². The SMILES string of the molecule is Cc1nc(N2CCC(C(=O)[As]S(=O)(=O)c3ccc(OC(F)(F)F)cc3)CC2)c(C#N)cc1C(=O)O. The number of anilines is 1. The van der Waals surface area contributed by atoms with Crippen molar-refractivity contribution in [3.8, 4) is 11.8 Å². The van der Waals surface area contributed by atoms with Gasteiger partial charge in [-0.05, 0) is 0 Å². The van der Waals surface area contributed by atoms with Crippen LogP contribution >= 0.6 is 0 Å². The molecule has 2 heterocycles. The molecule has 1 aliphatic rings. The number of aromatic nitrogens is 1. The zero-order chi connectivity index (χ0) is 26.0. The molecule has 14 heteroatoms. The zero-order valence-corrected chi connectivity index (χ0v) is 20.8. The Morgan fingerprint density at radius 1 is 1.23 bits per heavy atom. The molecule has 1 aliphatic heterocycles. The number of hydrogen-bond donors (Lipinski definition) is 1. The van der Waals surface area contributed by atoms with Gasteiger partial charge in [0.2, 0.25) is 0 Å². The molecule has 0 saturated carbocycles. The molecular formula is C21H18AsF3N3O6S. The van der Waals surface area contributed by atoms with Crippen LogP contribution in [0, 0.1) is 24.2 Å². The number of pyridine rings is 1. The van der Waals surface area contributed by atoms with E-state index in [1.165, 1.54) is 13.0 Å². The molecule has 0 aliphatic carbocycles. The summed E-state index contributed by atoms with van der Waals surface area (Å²) in [5.74, 6) is -1.99. The van der Waals surface area contributed by atoms with E-state index in [-0.39, 0.29) is 21.7 Å². The van der Waals surface area contributed by atoms with Crippen molar-refractivity contribution in [2.45, 2.75) is 31.0 Å². The summed E-state index contributed by atoms with van der Waals surface area (Å²) in [5, 5.41) is 18.6. The average Bonchev–Trinajstić information content (AvgIpc) is 2.77. The molecule has 0 amide bonds. The molecule has 0 bridgehead atoms. The molecule has 1 radical (unpaired) electrons. The van der Waals surface area contributed by atoms with Gasteiger partial charge in [-0.2, -0.15) is 0 Å². The molecule has 0 spiro atoms. The van der Waals surface area contributed by atoms with E-state index in [2.05, 4.69) is 9.72 Å². The molecule has 0 unspecified atom stereocenters. The number of piperidine rings is 1. The number of nitrogens with zero attached hydrogens (tertiary/aromatic N) is 3. The van der Waals surface area contributed by atoms with Gasteiger partial charge in [-0.15, -0.1) is 0 Å². The van der Waals surface area contributed by atoms with Crippen LogP contribution in [-0.2, 0) is 12.9 Å². The van der Waals surface area contributed by atoms with Crippen LogP contribution in [-0.4, -0.2) is 63.1 Å². The molecule has 3 rings (SSSR count). The Morgan fingerprint density at radius 3 is 2.34 bits per heavy atom. The van der Waals surface area contributed by atoms with Crippen molar-refractivity contribution < 1.29 is 41.0 Å². The van der Waals surface area contributed by atoms with Gasteiger partial charge in [0.25, 0.3) is 0 Å². The van der Waals surface area contributed by atoms with Crippen LogP contribution in [0.2, 0.25) is 0 Å². The molecule has 35 heavy (non-hydrogen) atoms. The number of carboxylic acid groups (broad SMARTS) is 1. The van der Waals surface area contributed by atoms with E-state index < -0.39 is 51.3 Å². The summed E-state index contributed by atoms with van der Waals surface area (Å²) < 4.78 is 65.4. The summed E-state index contributed by atoms with van der Waals surface area (Å²) in [4.78, 5) is 29.8. The predicted octanol–water partition coefficient (Wildman–Crippen LogP) is 2.69. The van der Waals surface area contributed by atoms with Gasteiger partial charge in [0.05, 0.1) is 0 Å². The topological polar surface area (TPSA) is 138 Å². The first-order valence-electron chi connectivity index (χ1n) is 10.1. The molecule has 1 saturated heterocycles. The van der Waals surface area contributed by atoms with E-state index in [0.717, 1.165) is 24.3 Å². The Balaban J connectivity index is 1.65. The first-order valence-corrected chi connectivity index (χ1v) is 14.8. The molecule has 1 aromatic carbocycles. The standard InChI is InChI=1S/C21H18AsF3N3O6S/c1-12-17(20(30)31)10-14(11-26)19(27-12)28-8-6-13(7-9-28)18(29)22-35(32,33)16-4-2-15(3-5-16)34-21(23,24)25/h2-5,10,13H,6-9H2,1H3,(H,30,31). The van der Waals surface area contributed by atoms with Gasteiger partial charge in [0.15, 0.2) is 0 Å². The summed E-state index contributed by atoms with van der Waals surface area (Å²) in [5.41, 5.74) is 0.250. The first kappa shape index (κ1) is 26.5. The number of carboxylic acids is 1. The van der Waals surface area contributed by atoms with Crippen molar-refractivity contribution in [3.05, 3.63) is 47.2 Å². The van der Waals surface area contributed by atoms with Crippen LogP contribution in [0.3, 0.4) is 0 Å². The van der Waals surface area contributed by atoms with Gasteiger partial charge in [-0.25, -0.2) is 0 Å². The number of alkyl halides is 3. The second kappa shape index (κ2) is 10.3. The maximum absolute atomic E-state index is 12.7. The van der Waals surface area contributed by atoms with E-state index in [1.807, 2.05) is 6.07 Å². The van der Waals surface area contributed by atoms with E-state index >= 15 is 0 Å². The monoisotopic (exact) mass is 572 g/mol. The number of ether oxygens (including phenoxy) is 1. The van der Waals surface area contributed by atoms with Crippen molar-refractivity contribution >= 4 is 39.1 Å². The average molecular weight is 572 g/mol. The van der Waals surface area contributed by atoms with E-state index in [9.17, 15) is 41.5 Å². The van der Waals surface area contributed by atoms with Crippen molar-refractivity contribution in [1.29, 1.82) is 5.26 Å². The van der Waals surface area contributed by atoms with Crippen LogP contribution < -0.4 is 9.64 Å². The number of carbonyl (C=O) groups excluding carboxylic acids is 1. The van der Waals surface area contributed by atoms with Gasteiger partial charge in [0, 0.05) is 0 Å². The van der Waals surface area contributed by atoms with Gasteiger partial charge >= 0.3 is 204 Å². The predicted molar refractivity (Wildman–Crippen MR) is 117 cm³/mol. The Kier molecular flexibility index (Phi) is 7.76.